The van der Waals surface area contributed by atoms with Crippen LogP contribution in [0.2, 0.25) is 0 Å². The van der Waals surface area contributed by atoms with Crippen LogP contribution in [0.4, 0.5) is 11.4 Å². The first-order valence-corrected chi connectivity index (χ1v) is 9.18. The highest BCUT2D eigenvalue weighted by Crippen LogP contribution is 2.31. The molecule has 0 saturated carbocycles. The lowest BCUT2D eigenvalue weighted by Gasteiger charge is -2.26. The van der Waals surface area contributed by atoms with Crippen LogP contribution in [-0.4, -0.2) is 6.54 Å². The van der Waals surface area contributed by atoms with Crippen molar-refractivity contribution < 1.29 is 0 Å². The molecule has 0 aliphatic carbocycles. The van der Waals surface area contributed by atoms with E-state index >= 15 is 0 Å². The number of anilines is 2. The molecule has 3 aromatic carbocycles. The summed E-state index contributed by atoms with van der Waals surface area (Å²) in [7, 11) is 0. The molecule has 0 saturated heterocycles. The van der Waals surface area contributed by atoms with Gasteiger partial charge in [-0.25, -0.2) is 0 Å². The van der Waals surface area contributed by atoms with Crippen molar-refractivity contribution >= 4 is 11.4 Å². The van der Waals surface area contributed by atoms with Crippen LogP contribution in [-0.2, 0) is 0 Å². The van der Waals surface area contributed by atoms with Crippen molar-refractivity contribution in [1.82, 2.24) is 0 Å². The van der Waals surface area contributed by atoms with Gasteiger partial charge in [-0.15, -0.1) is 0 Å². The molecule has 0 fully saturated rings. The summed E-state index contributed by atoms with van der Waals surface area (Å²) in [5.41, 5.74) is 7.71. The van der Waals surface area contributed by atoms with Gasteiger partial charge in [-0.05, 0) is 66.8 Å². The summed E-state index contributed by atoms with van der Waals surface area (Å²) in [5.74, 6) is 0. The van der Waals surface area contributed by atoms with E-state index in [1.807, 2.05) is 0 Å². The van der Waals surface area contributed by atoms with Crippen LogP contribution >= 0.6 is 0 Å². The van der Waals surface area contributed by atoms with Crippen molar-refractivity contribution in [2.24, 2.45) is 0 Å². The van der Waals surface area contributed by atoms with E-state index in [2.05, 4.69) is 98.5 Å². The molecule has 1 heteroatoms. The maximum Gasteiger partial charge on any atom is 0.0416 e. The highest BCUT2D eigenvalue weighted by Gasteiger charge is 2.11. The standard InChI is InChI=1S/C24H27N/c1-4-5-14-25(24-16-19(2)15-20(3)17-24)23-13-9-12-22(18-23)21-10-7-6-8-11-21/h6-13,15-18H,4-5,14H2,1-3H3. The SMILES string of the molecule is CCCCN(c1cc(C)cc(C)c1)c1cccc(-c2ccccc2)c1. The number of hydrogen-bond acceptors (Lipinski definition) is 1. The van der Waals surface area contributed by atoms with E-state index in [0.29, 0.717) is 0 Å². The molecule has 3 aromatic rings. The van der Waals surface area contributed by atoms with E-state index in [1.165, 1.54) is 46.5 Å². The van der Waals surface area contributed by atoms with Gasteiger partial charge >= 0.3 is 0 Å². The summed E-state index contributed by atoms with van der Waals surface area (Å²) in [6.45, 7) is 7.64. The molecule has 25 heavy (non-hydrogen) atoms. The highest BCUT2D eigenvalue weighted by molar-refractivity contribution is 5.72. The average Bonchev–Trinajstić information content (AvgIpc) is 2.62. The van der Waals surface area contributed by atoms with Crippen LogP contribution in [0.3, 0.4) is 0 Å². The molecular formula is C24H27N. The first-order valence-electron chi connectivity index (χ1n) is 9.18. The monoisotopic (exact) mass is 329 g/mol. The van der Waals surface area contributed by atoms with Gasteiger partial charge in [0.05, 0.1) is 0 Å². The molecular weight excluding hydrogens is 302 g/mol. The Morgan fingerprint density at radius 3 is 2.04 bits per heavy atom. The van der Waals surface area contributed by atoms with Crippen molar-refractivity contribution in [3.05, 3.63) is 83.9 Å². The number of rotatable bonds is 6. The largest absolute Gasteiger partial charge is 0.341 e. The van der Waals surface area contributed by atoms with Gasteiger partial charge in [-0.3, -0.25) is 0 Å². The lowest BCUT2D eigenvalue weighted by molar-refractivity contribution is 0.785. The molecule has 0 amide bonds. The van der Waals surface area contributed by atoms with Gasteiger partial charge < -0.3 is 4.90 Å². The molecule has 0 radical (unpaired) electrons. The van der Waals surface area contributed by atoms with E-state index in [0.717, 1.165) is 6.54 Å². The maximum atomic E-state index is 2.45. The Balaban J connectivity index is 2.01. The number of hydrogen-bond donors (Lipinski definition) is 0. The van der Waals surface area contributed by atoms with Crippen molar-refractivity contribution in [2.75, 3.05) is 11.4 Å². The maximum absolute atomic E-state index is 2.45. The molecule has 0 aromatic heterocycles. The van der Waals surface area contributed by atoms with Crippen LogP contribution in [0, 0.1) is 13.8 Å². The lowest BCUT2D eigenvalue weighted by atomic mass is 10.0. The van der Waals surface area contributed by atoms with Crippen LogP contribution in [0.25, 0.3) is 11.1 Å². The predicted octanol–water partition coefficient (Wildman–Crippen LogP) is 6.91. The molecule has 0 aliphatic rings. The van der Waals surface area contributed by atoms with Gasteiger partial charge in [0.2, 0.25) is 0 Å². The third-order valence-corrected chi connectivity index (χ3v) is 4.52. The van der Waals surface area contributed by atoms with Crippen molar-refractivity contribution in [1.29, 1.82) is 0 Å². The Morgan fingerprint density at radius 1 is 0.680 bits per heavy atom. The van der Waals surface area contributed by atoms with E-state index in [1.54, 1.807) is 0 Å². The minimum absolute atomic E-state index is 1.04. The zero-order valence-electron chi connectivity index (χ0n) is 15.5. The van der Waals surface area contributed by atoms with E-state index in [9.17, 15) is 0 Å². The number of aryl methyl sites for hydroxylation is 2. The molecule has 128 valence electrons. The van der Waals surface area contributed by atoms with Gasteiger partial charge in [0.15, 0.2) is 0 Å². The Kier molecular flexibility index (Phi) is 5.55. The van der Waals surface area contributed by atoms with Crippen LogP contribution in [0.5, 0.6) is 0 Å². The van der Waals surface area contributed by atoms with Gasteiger partial charge in [0.25, 0.3) is 0 Å². The fraction of sp³-hybridized carbons (Fsp3) is 0.250. The molecule has 0 aliphatic heterocycles. The van der Waals surface area contributed by atoms with Crippen molar-refractivity contribution in [2.45, 2.75) is 33.6 Å². The predicted molar refractivity (Wildman–Crippen MR) is 110 cm³/mol. The lowest BCUT2D eigenvalue weighted by Crippen LogP contribution is -2.18. The van der Waals surface area contributed by atoms with E-state index in [4.69, 9.17) is 0 Å². The number of unbranched alkanes of at least 4 members (excludes halogenated alkanes) is 1. The minimum atomic E-state index is 1.04. The second kappa shape index (κ2) is 8.02. The van der Waals surface area contributed by atoms with Gasteiger partial charge in [-0.2, -0.15) is 0 Å². The summed E-state index contributed by atoms with van der Waals surface area (Å²) in [4.78, 5) is 2.45. The van der Waals surface area contributed by atoms with Crippen LogP contribution in [0.1, 0.15) is 30.9 Å². The summed E-state index contributed by atoms with van der Waals surface area (Å²) < 4.78 is 0. The molecule has 3 rings (SSSR count). The molecule has 0 spiro atoms. The number of benzene rings is 3. The molecule has 0 bridgehead atoms. The van der Waals surface area contributed by atoms with Crippen molar-refractivity contribution in [3.63, 3.8) is 0 Å². The minimum Gasteiger partial charge on any atom is -0.341 e. The Labute approximate surface area is 151 Å². The topological polar surface area (TPSA) is 3.24 Å². The molecule has 1 nitrogen and oxygen atoms in total. The Hall–Kier alpha value is -2.54. The van der Waals surface area contributed by atoms with E-state index in [-0.39, 0.29) is 0 Å². The van der Waals surface area contributed by atoms with Crippen LogP contribution < -0.4 is 4.90 Å². The first-order chi connectivity index (χ1) is 12.2. The fourth-order valence-corrected chi connectivity index (χ4v) is 3.31. The smallest absolute Gasteiger partial charge is 0.0416 e. The fourth-order valence-electron chi connectivity index (χ4n) is 3.31. The Bertz CT molecular complexity index is 800. The van der Waals surface area contributed by atoms with Crippen molar-refractivity contribution in [3.8, 4) is 11.1 Å². The highest BCUT2D eigenvalue weighted by atomic mass is 15.1. The first kappa shape index (κ1) is 17.3. The third kappa shape index (κ3) is 4.30. The van der Waals surface area contributed by atoms with Crippen LogP contribution in [0.15, 0.2) is 72.8 Å². The average molecular weight is 329 g/mol. The van der Waals surface area contributed by atoms with Gasteiger partial charge in [0, 0.05) is 17.9 Å². The zero-order valence-corrected chi connectivity index (χ0v) is 15.5. The third-order valence-electron chi connectivity index (χ3n) is 4.52. The summed E-state index contributed by atoms with van der Waals surface area (Å²) in [5, 5.41) is 0. The molecule has 0 unspecified atom stereocenters. The molecule has 0 atom stereocenters. The second-order valence-electron chi connectivity index (χ2n) is 6.77. The van der Waals surface area contributed by atoms with E-state index < -0.39 is 0 Å². The van der Waals surface area contributed by atoms with Gasteiger partial charge in [0.1, 0.15) is 0 Å². The number of nitrogens with zero attached hydrogens (tertiary/aromatic N) is 1. The normalized spacial score (nSPS) is 10.7. The van der Waals surface area contributed by atoms with Gasteiger partial charge in [-0.1, -0.05) is 61.9 Å². The summed E-state index contributed by atoms with van der Waals surface area (Å²) in [6.07, 6.45) is 2.38. The molecule has 0 heterocycles. The summed E-state index contributed by atoms with van der Waals surface area (Å²) >= 11 is 0. The second-order valence-corrected chi connectivity index (χ2v) is 6.77. The summed E-state index contributed by atoms with van der Waals surface area (Å²) in [6, 6.07) is 26.3. The molecule has 0 N–H and O–H groups in total. The Morgan fingerprint density at radius 2 is 1.36 bits per heavy atom. The quantitative estimate of drug-likeness (QED) is 0.475. The zero-order chi connectivity index (χ0) is 17.6.